The largest absolute Gasteiger partial charge is 0.491 e. The van der Waals surface area contributed by atoms with E-state index in [2.05, 4.69) is 19.2 Å². The molecule has 0 saturated carbocycles. The zero-order valence-corrected chi connectivity index (χ0v) is 12.1. The van der Waals surface area contributed by atoms with Crippen molar-refractivity contribution >= 4 is 0 Å². The summed E-state index contributed by atoms with van der Waals surface area (Å²) in [5.41, 5.74) is -0.723. The Bertz CT molecular complexity index is 406. The average molecular weight is 289 g/mol. The Balaban J connectivity index is 2.78. The second-order valence-corrected chi connectivity index (χ2v) is 4.85. The molecule has 1 rings (SSSR count). The Kier molecular flexibility index (Phi) is 6.33. The molecule has 0 aliphatic heterocycles. The standard InChI is InChI=1S/C15H22F3NO/c1-4-11(3)13(19-5-2)10-20-14-9-7-6-8-12(14)15(16,17)18/h6-9,11,13,19H,4-5,10H2,1-3H3. The smallest absolute Gasteiger partial charge is 0.419 e. The topological polar surface area (TPSA) is 21.3 Å². The van der Waals surface area contributed by atoms with Crippen LogP contribution in [0.1, 0.15) is 32.8 Å². The number of halogens is 3. The van der Waals surface area contributed by atoms with E-state index < -0.39 is 11.7 Å². The Labute approximate surface area is 118 Å². The summed E-state index contributed by atoms with van der Waals surface area (Å²) in [5.74, 6) is 0.235. The lowest BCUT2D eigenvalue weighted by molar-refractivity contribution is -0.139. The molecule has 20 heavy (non-hydrogen) atoms. The molecule has 5 heteroatoms. The van der Waals surface area contributed by atoms with E-state index in [4.69, 9.17) is 4.74 Å². The third kappa shape index (κ3) is 4.71. The fourth-order valence-electron chi connectivity index (χ4n) is 1.98. The van der Waals surface area contributed by atoms with Crippen LogP contribution in [0.5, 0.6) is 5.75 Å². The van der Waals surface area contributed by atoms with E-state index in [-0.39, 0.29) is 18.4 Å². The number of hydrogen-bond donors (Lipinski definition) is 1. The van der Waals surface area contributed by atoms with Crippen LogP contribution in [-0.2, 0) is 6.18 Å². The molecular weight excluding hydrogens is 267 g/mol. The molecule has 2 atom stereocenters. The van der Waals surface area contributed by atoms with Crippen molar-refractivity contribution in [1.82, 2.24) is 5.32 Å². The van der Waals surface area contributed by atoms with Crippen LogP contribution in [0.25, 0.3) is 0 Å². The van der Waals surface area contributed by atoms with E-state index in [1.807, 2.05) is 6.92 Å². The predicted molar refractivity (Wildman–Crippen MR) is 73.9 cm³/mol. The summed E-state index contributed by atoms with van der Waals surface area (Å²) in [6, 6.07) is 5.37. The van der Waals surface area contributed by atoms with Crippen LogP contribution in [0, 0.1) is 5.92 Å². The van der Waals surface area contributed by atoms with E-state index in [0.717, 1.165) is 19.0 Å². The minimum absolute atomic E-state index is 0.0475. The monoisotopic (exact) mass is 289 g/mol. The van der Waals surface area contributed by atoms with Crippen molar-refractivity contribution < 1.29 is 17.9 Å². The normalized spacial score (nSPS) is 14.9. The molecule has 2 nitrogen and oxygen atoms in total. The molecular formula is C15H22F3NO. The van der Waals surface area contributed by atoms with Gasteiger partial charge in [0.1, 0.15) is 12.4 Å². The van der Waals surface area contributed by atoms with Gasteiger partial charge < -0.3 is 10.1 Å². The molecule has 0 radical (unpaired) electrons. The molecule has 0 saturated heterocycles. The van der Waals surface area contributed by atoms with E-state index >= 15 is 0 Å². The van der Waals surface area contributed by atoms with Crippen molar-refractivity contribution in [3.63, 3.8) is 0 Å². The van der Waals surface area contributed by atoms with E-state index in [9.17, 15) is 13.2 Å². The van der Waals surface area contributed by atoms with Gasteiger partial charge in [0.05, 0.1) is 5.56 Å². The van der Waals surface area contributed by atoms with E-state index in [1.54, 1.807) is 6.07 Å². The van der Waals surface area contributed by atoms with Crippen LogP contribution in [0.3, 0.4) is 0 Å². The SMILES string of the molecule is CCNC(COc1ccccc1C(F)(F)F)C(C)CC. The Hall–Kier alpha value is -1.23. The maximum atomic E-state index is 12.8. The Morgan fingerprint density at radius 1 is 1.20 bits per heavy atom. The van der Waals surface area contributed by atoms with Crippen molar-refractivity contribution in [2.24, 2.45) is 5.92 Å². The predicted octanol–water partition coefficient (Wildman–Crippen LogP) is 4.11. The highest BCUT2D eigenvalue weighted by Gasteiger charge is 2.34. The Morgan fingerprint density at radius 3 is 2.40 bits per heavy atom. The van der Waals surface area contributed by atoms with Crippen molar-refractivity contribution in [2.45, 2.75) is 39.4 Å². The molecule has 1 N–H and O–H groups in total. The summed E-state index contributed by atoms with van der Waals surface area (Å²) in [6.45, 7) is 7.08. The highest BCUT2D eigenvalue weighted by atomic mass is 19.4. The van der Waals surface area contributed by atoms with Crippen molar-refractivity contribution in [1.29, 1.82) is 0 Å². The first-order chi connectivity index (χ1) is 9.40. The average Bonchev–Trinajstić information content (AvgIpc) is 2.42. The molecule has 1 aromatic rings. The van der Waals surface area contributed by atoms with Crippen molar-refractivity contribution in [3.8, 4) is 5.75 Å². The first kappa shape index (κ1) is 16.8. The van der Waals surface area contributed by atoms with Crippen LogP contribution < -0.4 is 10.1 Å². The van der Waals surface area contributed by atoms with Gasteiger partial charge in [-0.15, -0.1) is 0 Å². The zero-order chi connectivity index (χ0) is 15.2. The van der Waals surface area contributed by atoms with Gasteiger partial charge in [0.25, 0.3) is 0 Å². The molecule has 0 bridgehead atoms. The first-order valence-corrected chi connectivity index (χ1v) is 6.92. The third-order valence-electron chi connectivity index (χ3n) is 3.41. The maximum Gasteiger partial charge on any atom is 0.419 e. The summed E-state index contributed by atoms with van der Waals surface area (Å²) < 4.78 is 44.0. The van der Waals surface area contributed by atoms with Crippen molar-refractivity contribution in [2.75, 3.05) is 13.2 Å². The quantitative estimate of drug-likeness (QED) is 0.815. The van der Waals surface area contributed by atoms with E-state index in [0.29, 0.717) is 5.92 Å². The number of benzene rings is 1. The van der Waals surface area contributed by atoms with Crippen molar-refractivity contribution in [3.05, 3.63) is 29.8 Å². The van der Waals surface area contributed by atoms with Crippen LogP contribution in [0.15, 0.2) is 24.3 Å². The second-order valence-electron chi connectivity index (χ2n) is 4.85. The van der Waals surface area contributed by atoms with Gasteiger partial charge in [-0.3, -0.25) is 0 Å². The number of ether oxygens (including phenoxy) is 1. The second kappa shape index (κ2) is 7.53. The van der Waals surface area contributed by atoms with Crippen LogP contribution in [-0.4, -0.2) is 19.2 Å². The van der Waals surface area contributed by atoms with Gasteiger partial charge in [-0.25, -0.2) is 0 Å². The summed E-state index contributed by atoms with van der Waals surface area (Å²) in [6.07, 6.45) is -3.44. The molecule has 0 spiro atoms. The van der Waals surface area contributed by atoms with Gasteiger partial charge in [-0.2, -0.15) is 13.2 Å². The maximum absolute atomic E-state index is 12.8. The van der Waals surface area contributed by atoms with Gasteiger partial charge in [0.15, 0.2) is 0 Å². The number of likely N-dealkylation sites (N-methyl/N-ethyl adjacent to an activating group) is 1. The minimum atomic E-state index is -4.39. The van der Waals surface area contributed by atoms with Gasteiger partial charge in [-0.1, -0.05) is 39.3 Å². The molecule has 0 aromatic heterocycles. The molecule has 2 unspecified atom stereocenters. The molecule has 114 valence electrons. The highest BCUT2D eigenvalue weighted by molar-refractivity contribution is 5.35. The zero-order valence-electron chi connectivity index (χ0n) is 12.1. The third-order valence-corrected chi connectivity index (χ3v) is 3.41. The van der Waals surface area contributed by atoms with Gasteiger partial charge in [-0.05, 0) is 24.6 Å². The molecule has 0 aliphatic carbocycles. The Morgan fingerprint density at radius 2 is 1.85 bits per heavy atom. The number of alkyl halides is 3. The summed E-state index contributed by atoms with van der Waals surface area (Å²) >= 11 is 0. The number of nitrogens with one attached hydrogen (secondary N) is 1. The fourth-order valence-corrected chi connectivity index (χ4v) is 1.98. The fraction of sp³-hybridized carbons (Fsp3) is 0.600. The lowest BCUT2D eigenvalue weighted by atomic mass is 10.00. The molecule has 1 aromatic carbocycles. The van der Waals surface area contributed by atoms with Crippen LogP contribution >= 0.6 is 0 Å². The lowest BCUT2D eigenvalue weighted by Gasteiger charge is -2.24. The lowest BCUT2D eigenvalue weighted by Crippen LogP contribution is -2.39. The summed E-state index contributed by atoms with van der Waals surface area (Å²) in [5, 5.41) is 3.26. The molecule has 0 amide bonds. The molecule has 0 aliphatic rings. The summed E-state index contributed by atoms with van der Waals surface area (Å²) in [7, 11) is 0. The number of para-hydroxylation sites is 1. The van der Waals surface area contributed by atoms with Crippen LogP contribution in [0.2, 0.25) is 0 Å². The van der Waals surface area contributed by atoms with Gasteiger partial charge in [0.2, 0.25) is 0 Å². The van der Waals surface area contributed by atoms with Gasteiger partial charge >= 0.3 is 6.18 Å². The number of hydrogen-bond acceptors (Lipinski definition) is 2. The molecule has 0 fully saturated rings. The first-order valence-electron chi connectivity index (χ1n) is 6.92. The molecule has 0 heterocycles. The number of rotatable bonds is 7. The summed E-state index contributed by atoms with van der Waals surface area (Å²) in [4.78, 5) is 0. The van der Waals surface area contributed by atoms with Crippen LogP contribution in [0.4, 0.5) is 13.2 Å². The van der Waals surface area contributed by atoms with E-state index in [1.165, 1.54) is 12.1 Å². The minimum Gasteiger partial charge on any atom is -0.491 e. The van der Waals surface area contributed by atoms with Gasteiger partial charge in [0, 0.05) is 6.04 Å². The highest BCUT2D eigenvalue weighted by Crippen LogP contribution is 2.35.